The smallest absolute Gasteiger partial charge is 0.240 e. The van der Waals surface area contributed by atoms with Crippen LogP contribution in [-0.2, 0) is 11.3 Å². The van der Waals surface area contributed by atoms with Crippen molar-refractivity contribution in [3.63, 3.8) is 0 Å². The molecule has 0 radical (unpaired) electrons. The first kappa shape index (κ1) is 11.2. The number of hydrogen-bond acceptors (Lipinski definition) is 6. The number of nitrogens with one attached hydrogen (secondary N) is 1. The van der Waals surface area contributed by atoms with Gasteiger partial charge in [0.2, 0.25) is 5.89 Å². The van der Waals surface area contributed by atoms with Crippen molar-refractivity contribution in [1.82, 2.24) is 20.1 Å². The van der Waals surface area contributed by atoms with Gasteiger partial charge in [0.1, 0.15) is 6.61 Å². The predicted molar refractivity (Wildman–Crippen MR) is 57.9 cm³/mol. The van der Waals surface area contributed by atoms with E-state index in [-0.39, 0.29) is 5.25 Å². The van der Waals surface area contributed by atoms with Gasteiger partial charge >= 0.3 is 0 Å². The second kappa shape index (κ2) is 5.13. The van der Waals surface area contributed by atoms with Crippen molar-refractivity contribution in [2.45, 2.75) is 23.9 Å². The van der Waals surface area contributed by atoms with Gasteiger partial charge in [-0.05, 0) is 6.92 Å². The topological polar surface area (TPSA) is 76.8 Å². The van der Waals surface area contributed by atoms with Gasteiger partial charge in [-0.15, -0.1) is 0 Å². The molecule has 2 heterocycles. The van der Waals surface area contributed by atoms with E-state index in [9.17, 15) is 0 Å². The largest absolute Gasteiger partial charge is 0.377 e. The van der Waals surface area contributed by atoms with Crippen LogP contribution >= 0.6 is 11.8 Å². The highest BCUT2D eigenvalue weighted by atomic mass is 32.2. The molecule has 1 unspecified atom stereocenters. The number of ether oxygens (including phenoxy) is 1. The third kappa shape index (κ3) is 2.61. The van der Waals surface area contributed by atoms with Gasteiger partial charge in [-0.3, -0.25) is 0 Å². The second-order valence-corrected chi connectivity index (χ2v) is 4.47. The zero-order valence-corrected chi connectivity index (χ0v) is 9.82. The van der Waals surface area contributed by atoms with Gasteiger partial charge in [0.25, 0.3) is 0 Å². The Labute approximate surface area is 96.8 Å². The second-order valence-electron chi connectivity index (χ2n) is 3.14. The molecule has 0 saturated carbocycles. The monoisotopic (exact) mass is 240 g/mol. The van der Waals surface area contributed by atoms with Gasteiger partial charge < -0.3 is 14.2 Å². The predicted octanol–water partition coefficient (Wildman–Crippen LogP) is 1.79. The summed E-state index contributed by atoms with van der Waals surface area (Å²) in [5, 5.41) is 4.69. The van der Waals surface area contributed by atoms with Crippen LogP contribution in [-0.4, -0.2) is 27.2 Å². The van der Waals surface area contributed by atoms with Gasteiger partial charge in [-0.1, -0.05) is 16.9 Å². The summed E-state index contributed by atoms with van der Waals surface area (Å²) in [5.74, 6) is 1.14. The fraction of sp³-hybridized carbons (Fsp3) is 0.444. The summed E-state index contributed by atoms with van der Waals surface area (Å²) in [7, 11) is 1.59. The van der Waals surface area contributed by atoms with Crippen molar-refractivity contribution in [3.8, 4) is 0 Å². The SMILES string of the molecule is COCc1noc(C(C)Sc2ncc[nH]2)n1. The van der Waals surface area contributed by atoms with Crippen molar-refractivity contribution in [3.05, 3.63) is 24.1 Å². The number of thioether (sulfide) groups is 1. The van der Waals surface area contributed by atoms with Crippen LogP contribution in [0.15, 0.2) is 22.1 Å². The molecule has 0 fully saturated rings. The minimum absolute atomic E-state index is 0.0595. The van der Waals surface area contributed by atoms with E-state index in [1.54, 1.807) is 19.5 Å². The molecule has 7 heteroatoms. The molecule has 2 aromatic rings. The number of hydrogen-bond donors (Lipinski definition) is 1. The van der Waals surface area contributed by atoms with E-state index in [0.29, 0.717) is 18.3 Å². The molecule has 0 aliphatic heterocycles. The van der Waals surface area contributed by atoms with Gasteiger partial charge in [-0.25, -0.2) is 4.98 Å². The van der Waals surface area contributed by atoms with Crippen LogP contribution in [0.5, 0.6) is 0 Å². The maximum Gasteiger partial charge on any atom is 0.240 e. The van der Waals surface area contributed by atoms with Crippen LogP contribution < -0.4 is 0 Å². The number of nitrogens with zero attached hydrogens (tertiary/aromatic N) is 3. The summed E-state index contributed by atoms with van der Waals surface area (Å²) in [4.78, 5) is 11.3. The first-order valence-electron chi connectivity index (χ1n) is 4.77. The van der Waals surface area contributed by atoms with Crippen LogP contribution in [0.2, 0.25) is 0 Å². The first-order chi connectivity index (χ1) is 7.79. The molecular weight excluding hydrogens is 228 g/mol. The fourth-order valence-corrected chi connectivity index (χ4v) is 1.94. The zero-order valence-electron chi connectivity index (χ0n) is 9.01. The molecule has 0 bridgehead atoms. The molecular formula is C9H12N4O2S. The molecule has 0 aromatic carbocycles. The van der Waals surface area contributed by atoms with E-state index < -0.39 is 0 Å². The van der Waals surface area contributed by atoms with Crippen molar-refractivity contribution in [2.75, 3.05) is 7.11 Å². The van der Waals surface area contributed by atoms with Crippen LogP contribution in [0.1, 0.15) is 23.9 Å². The highest BCUT2D eigenvalue weighted by molar-refractivity contribution is 7.99. The van der Waals surface area contributed by atoms with Crippen molar-refractivity contribution in [2.24, 2.45) is 0 Å². The molecule has 86 valence electrons. The van der Waals surface area contributed by atoms with E-state index in [4.69, 9.17) is 9.26 Å². The molecule has 0 aliphatic carbocycles. The lowest BCUT2D eigenvalue weighted by Crippen LogP contribution is -1.92. The van der Waals surface area contributed by atoms with E-state index in [1.807, 2.05) is 6.92 Å². The van der Waals surface area contributed by atoms with Crippen molar-refractivity contribution in [1.29, 1.82) is 0 Å². The maximum absolute atomic E-state index is 5.12. The Morgan fingerprint density at radius 3 is 3.19 bits per heavy atom. The van der Waals surface area contributed by atoms with Crippen molar-refractivity contribution < 1.29 is 9.26 Å². The molecule has 6 nitrogen and oxygen atoms in total. The lowest BCUT2D eigenvalue weighted by atomic mass is 10.5. The number of aromatic nitrogens is 4. The lowest BCUT2D eigenvalue weighted by molar-refractivity contribution is 0.174. The molecule has 16 heavy (non-hydrogen) atoms. The van der Waals surface area contributed by atoms with Crippen LogP contribution in [0.4, 0.5) is 0 Å². The molecule has 0 aliphatic rings. The molecule has 2 rings (SSSR count). The standard InChI is InChI=1S/C9H12N4O2S/c1-6(16-9-10-3-4-11-9)8-12-7(5-14-2)13-15-8/h3-4,6H,5H2,1-2H3,(H,10,11). The number of H-pyrrole nitrogens is 1. The molecule has 2 aromatic heterocycles. The quantitative estimate of drug-likeness (QED) is 0.803. The minimum Gasteiger partial charge on any atom is -0.377 e. The summed E-state index contributed by atoms with van der Waals surface area (Å²) in [5.41, 5.74) is 0. The van der Waals surface area contributed by atoms with Crippen molar-refractivity contribution >= 4 is 11.8 Å². The average molecular weight is 240 g/mol. The van der Waals surface area contributed by atoms with Crippen LogP contribution in [0, 0.1) is 0 Å². The Hall–Kier alpha value is -1.34. The number of methoxy groups -OCH3 is 1. The Balaban J connectivity index is 2.00. The molecule has 0 spiro atoms. The van der Waals surface area contributed by atoms with E-state index >= 15 is 0 Å². The fourth-order valence-electron chi connectivity index (χ4n) is 1.15. The number of rotatable bonds is 5. The van der Waals surface area contributed by atoms with E-state index in [0.717, 1.165) is 5.16 Å². The third-order valence-electron chi connectivity index (χ3n) is 1.87. The van der Waals surface area contributed by atoms with Gasteiger partial charge in [0.15, 0.2) is 11.0 Å². The molecule has 0 saturated heterocycles. The third-order valence-corrected chi connectivity index (χ3v) is 2.87. The first-order valence-corrected chi connectivity index (χ1v) is 5.65. The summed E-state index contributed by atoms with van der Waals surface area (Å²) in [6.45, 7) is 2.35. The Bertz CT molecular complexity index is 428. The highest BCUT2D eigenvalue weighted by Crippen LogP contribution is 2.31. The molecule has 1 atom stereocenters. The van der Waals surface area contributed by atoms with Gasteiger partial charge in [-0.2, -0.15) is 4.98 Å². The number of aromatic amines is 1. The maximum atomic E-state index is 5.12. The van der Waals surface area contributed by atoms with E-state index in [2.05, 4.69) is 20.1 Å². The van der Waals surface area contributed by atoms with E-state index in [1.165, 1.54) is 11.8 Å². The summed E-state index contributed by atoms with van der Waals surface area (Å²) < 4.78 is 10.0. The zero-order chi connectivity index (χ0) is 11.4. The molecule has 1 N–H and O–H groups in total. The minimum atomic E-state index is 0.0595. The Morgan fingerprint density at radius 1 is 1.62 bits per heavy atom. The Kier molecular flexibility index (Phi) is 3.58. The summed E-state index contributed by atoms with van der Waals surface area (Å²) >= 11 is 1.53. The average Bonchev–Trinajstić information content (AvgIpc) is 2.89. The highest BCUT2D eigenvalue weighted by Gasteiger charge is 2.16. The van der Waals surface area contributed by atoms with Gasteiger partial charge in [0, 0.05) is 19.5 Å². The van der Waals surface area contributed by atoms with Crippen LogP contribution in [0.3, 0.4) is 0 Å². The Morgan fingerprint density at radius 2 is 2.50 bits per heavy atom. The summed E-state index contributed by atoms with van der Waals surface area (Å²) in [6.07, 6.45) is 3.48. The number of imidazole rings is 1. The lowest BCUT2D eigenvalue weighted by Gasteiger charge is -2.01. The van der Waals surface area contributed by atoms with Crippen LogP contribution in [0.25, 0.3) is 0 Å². The summed E-state index contributed by atoms with van der Waals surface area (Å²) in [6, 6.07) is 0. The molecule has 0 amide bonds. The normalized spacial score (nSPS) is 12.9. The van der Waals surface area contributed by atoms with Gasteiger partial charge in [0.05, 0.1) is 5.25 Å².